The zero-order chi connectivity index (χ0) is 19.5. The highest BCUT2D eigenvalue weighted by Gasteiger charge is 2.21. The molecule has 0 aliphatic carbocycles. The predicted octanol–water partition coefficient (Wildman–Crippen LogP) is 3.34. The van der Waals surface area contributed by atoms with Crippen LogP contribution in [0.3, 0.4) is 0 Å². The van der Waals surface area contributed by atoms with Crippen molar-refractivity contribution >= 4 is 40.9 Å². The number of hydrogen-bond acceptors (Lipinski definition) is 4. The summed E-state index contributed by atoms with van der Waals surface area (Å²) in [6.07, 6.45) is 0.124. The molecule has 8 heteroatoms. The van der Waals surface area contributed by atoms with E-state index in [0.717, 1.165) is 5.69 Å². The van der Waals surface area contributed by atoms with Crippen LogP contribution in [0.15, 0.2) is 24.3 Å². The molecule has 0 atom stereocenters. The summed E-state index contributed by atoms with van der Waals surface area (Å²) in [6.45, 7) is 6.04. The zero-order valence-electron chi connectivity index (χ0n) is 14.8. The molecule has 0 aliphatic rings. The molecule has 1 aromatic heterocycles. The molecule has 1 amide bonds. The number of halogens is 2. The Balaban J connectivity index is 2.31. The lowest BCUT2D eigenvalue weighted by atomic mass is 9.92. The Labute approximate surface area is 162 Å². The van der Waals surface area contributed by atoms with E-state index in [1.165, 1.54) is 0 Å². The smallest absolute Gasteiger partial charge is 0.225 e. The van der Waals surface area contributed by atoms with Gasteiger partial charge in [0.25, 0.3) is 0 Å². The van der Waals surface area contributed by atoms with Crippen LogP contribution in [0.2, 0.25) is 10.0 Å². The van der Waals surface area contributed by atoms with Crippen molar-refractivity contribution < 1.29 is 14.7 Å². The molecule has 0 spiro atoms. The lowest BCUT2D eigenvalue weighted by Crippen LogP contribution is -2.22. The van der Waals surface area contributed by atoms with Crippen LogP contribution in [-0.4, -0.2) is 21.7 Å². The van der Waals surface area contributed by atoms with Crippen LogP contribution in [0.4, 0.5) is 5.82 Å². The van der Waals surface area contributed by atoms with E-state index in [9.17, 15) is 14.7 Å². The lowest BCUT2D eigenvalue weighted by Gasteiger charge is -2.14. The summed E-state index contributed by atoms with van der Waals surface area (Å²) in [4.78, 5) is 22.6. The van der Waals surface area contributed by atoms with Gasteiger partial charge in [0.2, 0.25) is 5.91 Å². The lowest BCUT2D eigenvalue weighted by molar-refractivity contribution is -0.305. The van der Waals surface area contributed by atoms with E-state index in [-0.39, 0.29) is 30.6 Å². The topological polar surface area (TPSA) is 87.0 Å². The molecular formula is C18H20Cl2N3O3-. The third-order valence-electron chi connectivity index (χ3n) is 3.68. The minimum absolute atomic E-state index is 0.0748. The maximum Gasteiger partial charge on any atom is 0.225 e. The first-order chi connectivity index (χ1) is 12.1. The van der Waals surface area contributed by atoms with Gasteiger partial charge < -0.3 is 15.2 Å². The molecule has 0 aliphatic heterocycles. The number of carboxylic acids is 1. The number of carbonyl (C=O) groups excluding carboxylic acids is 2. The normalized spacial score (nSPS) is 11.4. The van der Waals surface area contributed by atoms with Gasteiger partial charge >= 0.3 is 0 Å². The molecule has 2 aromatic rings. The number of anilines is 1. The van der Waals surface area contributed by atoms with Crippen LogP contribution in [0.5, 0.6) is 0 Å². The van der Waals surface area contributed by atoms with Crippen molar-refractivity contribution in [2.45, 2.75) is 45.4 Å². The molecule has 0 fully saturated rings. The van der Waals surface area contributed by atoms with Crippen molar-refractivity contribution in [3.8, 4) is 5.69 Å². The highest BCUT2D eigenvalue weighted by atomic mass is 35.5. The average molecular weight is 397 g/mol. The van der Waals surface area contributed by atoms with Crippen LogP contribution in [0, 0.1) is 0 Å². The predicted molar refractivity (Wildman–Crippen MR) is 99.8 cm³/mol. The van der Waals surface area contributed by atoms with Crippen LogP contribution in [0.25, 0.3) is 5.69 Å². The number of hydrogen-bond donors (Lipinski definition) is 1. The Morgan fingerprint density at radius 1 is 1.15 bits per heavy atom. The van der Waals surface area contributed by atoms with Gasteiger partial charge in [-0.3, -0.25) is 4.79 Å². The number of benzene rings is 1. The summed E-state index contributed by atoms with van der Waals surface area (Å²) >= 11 is 12.1. The summed E-state index contributed by atoms with van der Waals surface area (Å²) in [7, 11) is 0. The standard InChI is InChI=1S/C18H21Cl2N3O3/c1-18(2,3)14-10-15(21-16(24)5-4-6-17(25)26)23(22-14)11-7-8-12(19)13(20)9-11/h7-10H,4-6H2,1-3H3,(H,21,24)(H,25,26)/p-1. The third kappa shape index (κ3) is 5.22. The number of nitrogens with one attached hydrogen (secondary N) is 1. The minimum Gasteiger partial charge on any atom is -0.550 e. The van der Waals surface area contributed by atoms with Gasteiger partial charge in [0, 0.05) is 23.9 Å². The fourth-order valence-electron chi connectivity index (χ4n) is 2.25. The third-order valence-corrected chi connectivity index (χ3v) is 4.42. The number of nitrogens with zero attached hydrogens (tertiary/aromatic N) is 2. The minimum atomic E-state index is -1.17. The number of carbonyl (C=O) groups is 2. The highest BCUT2D eigenvalue weighted by Crippen LogP contribution is 2.29. The van der Waals surface area contributed by atoms with E-state index in [1.54, 1.807) is 28.9 Å². The Bertz CT molecular complexity index is 826. The van der Waals surface area contributed by atoms with Gasteiger partial charge in [-0.1, -0.05) is 44.0 Å². The van der Waals surface area contributed by atoms with Crippen LogP contribution in [0.1, 0.15) is 45.7 Å². The van der Waals surface area contributed by atoms with Crippen LogP contribution >= 0.6 is 23.2 Å². The molecule has 0 bridgehead atoms. The van der Waals surface area contributed by atoms with E-state index in [0.29, 0.717) is 21.6 Å². The van der Waals surface area contributed by atoms with Gasteiger partial charge in [-0.2, -0.15) is 5.10 Å². The number of aromatic nitrogens is 2. The molecule has 1 aromatic carbocycles. The van der Waals surface area contributed by atoms with Gasteiger partial charge in [-0.05, 0) is 31.0 Å². The first-order valence-electron chi connectivity index (χ1n) is 8.13. The molecule has 1 heterocycles. The molecule has 2 rings (SSSR count). The summed E-state index contributed by atoms with van der Waals surface area (Å²) < 4.78 is 1.58. The maximum absolute atomic E-state index is 12.1. The monoisotopic (exact) mass is 396 g/mol. The van der Waals surface area contributed by atoms with Crippen molar-refractivity contribution in [3.05, 3.63) is 40.0 Å². The van der Waals surface area contributed by atoms with E-state index >= 15 is 0 Å². The molecule has 0 radical (unpaired) electrons. The Morgan fingerprint density at radius 2 is 1.85 bits per heavy atom. The second-order valence-electron chi connectivity index (χ2n) is 6.95. The molecule has 6 nitrogen and oxygen atoms in total. The first-order valence-corrected chi connectivity index (χ1v) is 8.89. The van der Waals surface area contributed by atoms with Crippen molar-refractivity contribution in [3.63, 3.8) is 0 Å². The Morgan fingerprint density at radius 3 is 2.42 bits per heavy atom. The Kier molecular flexibility index (Phi) is 6.31. The van der Waals surface area contributed by atoms with Crippen LogP contribution in [-0.2, 0) is 15.0 Å². The largest absolute Gasteiger partial charge is 0.550 e. The maximum atomic E-state index is 12.1. The van der Waals surface area contributed by atoms with E-state index in [1.807, 2.05) is 20.8 Å². The SMILES string of the molecule is CC(C)(C)c1cc(NC(=O)CCCC(=O)[O-])n(-c2ccc(Cl)c(Cl)c2)n1. The average Bonchev–Trinajstić information content (AvgIpc) is 2.93. The van der Waals surface area contributed by atoms with Gasteiger partial charge in [-0.15, -0.1) is 0 Å². The van der Waals surface area contributed by atoms with E-state index in [2.05, 4.69) is 10.4 Å². The van der Waals surface area contributed by atoms with Gasteiger partial charge in [0.05, 0.1) is 21.4 Å². The highest BCUT2D eigenvalue weighted by molar-refractivity contribution is 6.42. The summed E-state index contributed by atoms with van der Waals surface area (Å²) in [5, 5.41) is 18.6. The van der Waals surface area contributed by atoms with Crippen molar-refractivity contribution in [1.82, 2.24) is 9.78 Å². The van der Waals surface area contributed by atoms with Crippen molar-refractivity contribution in [2.24, 2.45) is 0 Å². The van der Waals surface area contributed by atoms with Crippen molar-refractivity contribution in [1.29, 1.82) is 0 Å². The zero-order valence-corrected chi connectivity index (χ0v) is 16.3. The van der Waals surface area contributed by atoms with E-state index < -0.39 is 5.97 Å². The fourth-order valence-corrected chi connectivity index (χ4v) is 2.54. The first kappa shape index (κ1) is 20.3. The Hall–Kier alpha value is -2.05. The summed E-state index contributed by atoms with van der Waals surface area (Å²) in [5.74, 6) is -0.992. The molecule has 140 valence electrons. The van der Waals surface area contributed by atoms with Gasteiger partial charge in [0.15, 0.2) is 0 Å². The molecule has 0 unspecified atom stereocenters. The van der Waals surface area contributed by atoms with E-state index in [4.69, 9.17) is 23.2 Å². The summed E-state index contributed by atoms with van der Waals surface area (Å²) in [5.41, 5.74) is 1.21. The second kappa shape index (κ2) is 8.10. The number of amides is 1. The van der Waals surface area contributed by atoms with Crippen molar-refractivity contribution in [2.75, 3.05) is 5.32 Å². The number of rotatable bonds is 6. The summed E-state index contributed by atoms with van der Waals surface area (Å²) in [6, 6.07) is 6.86. The van der Waals surface area contributed by atoms with Gasteiger partial charge in [-0.25, -0.2) is 4.68 Å². The molecule has 1 N–H and O–H groups in total. The second-order valence-corrected chi connectivity index (χ2v) is 7.76. The molecule has 26 heavy (non-hydrogen) atoms. The quantitative estimate of drug-likeness (QED) is 0.810. The van der Waals surface area contributed by atoms with Gasteiger partial charge in [0.1, 0.15) is 5.82 Å². The number of aliphatic carboxylic acids is 1. The molecular weight excluding hydrogens is 377 g/mol. The number of carboxylic acid groups (broad SMARTS) is 1. The fraction of sp³-hybridized carbons (Fsp3) is 0.389. The molecule has 0 saturated carbocycles. The molecule has 0 saturated heterocycles. The van der Waals surface area contributed by atoms with Crippen LogP contribution < -0.4 is 10.4 Å².